The van der Waals surface area contributed by atoms with Crippen LogP contribution in [0.3, 0.4) is 0 Å². The first-order valence-corrected chi connectivity index (χ1v) is 6.81. The topological polar surface area (TPSA) is 72.4 Å². The Morgan fingerprint density at radius 2 is 2.05 bits per heavy atom. The van der Waals surface area contributed by atoms with Gasteiger partial charge in [-0.3, -0.25) is 10.1 Å². The molecule has 1 rings (SSSR count). The van der Waals surface area contributed by atoms with Crippen LogP contribution in [0.2, 0.25) is 0 Å². The van der Waals surface area contributed by atoms with Gasteiger partial charge in [0.1, 0.15) is 0 Å². The maximum atomic E-state index is 10.9. The molecule has 0 radical (unpaired) electrons. The van der Waals surface area contributed by atoms with E-state index >= 15 is 0 Å². The van der Waals surface area contributed by atoms with Crippen molar-refractivity contribution in [3.63, 3.8) is 0 Å². The Morgan fingerprint density at radius 1 is 1.37 bits per heavy atom. The quantitative estimate of drug-likeness (QED) is 0.464. The van der Waals surface area contributed by atoms with Gasteiger partial charge < -0.3 is 10.6 Å². The number of hydrogen-bond donors (Lipinski definition) is 1. The number of nitrogens with two attached hydrogens (primary N) is 1. The van der Waals surface area contributed by atoms with Crippen LogP contribution in [-0.4, -0.2) is 17.5 Å². The van der Waals surface area contributed by atoms with Crippen molar-refractivity contribution in [1.29, 1.82) is 0 Å². The molecule has 0 saturated heterocycles. The first-order valence-electron chi connectivity index (χ1n) is 6.81. The van der Waals surface area contributed by atoms with Crippen molar-refractivity contribution >= 4 is 17.1 Å². The molecule has 0 aliphatic heterocycles. The predicted molar refractivity (Wildman–Crippen MR) is 79.5 cm³/mol. The molecule has 0 amide bonds. The molecule has 1 unspecified atom stereocenters. The van der Waals surface area contributed by atoms with Crippen LogP contribution in [0.4, 0.5) is 17.1 Å². The minimum absolute atomic E-state index is 0.0554. The number of unbranched alkanes of at least 4 members (excludes halogenated alkanes) is 1. The molecular weight excluding hydrogens is 242 g/mol. The number of rotatable bonds is 7. The van der Waals surface area contributed by atoms with Gasteiger partial charge >= 0.3 is 0 Å². The normalized spacial score (nSPS) is 12.2. The SMILES string of the molecule is CCCCN(c1cc(N)cc([N+](=O)[O-])c1)C(C)CC. The average molecular weight is 265 g/mol. The minimum atomic E-state index is -0.394. The molecule has 1 aromatic carbocycles. The molecule has 0 aliphatic carbocycles. The summed E-state index contributed by atoms with van der Waals surface area (Å²) >= 11 is 0. The molecule has 1 aromatic rings. The summed E-state index contributed by atoms with van der Waals surface area (Å²) in [5.41, 5.74) is 7.11. The van der Waals surface area contributed by atoms with Crippen LogP contribution >= 0.6 is 0 Å². The Kier molecular flexibility index (Phi) is 5.60. The van der Waals surface area contributed by atoms with Gasteiger partial charge in [0.05, 0.1) is 4.92 Å². The summed E-state index contributed by atoms with van der Waals surface area (Å²) < 4.78 is 0. The van der Waals surface area contributed by atoms with Gasteiger partial charge in [-0.05, 0) is 25.8 Å². The van der Waals surface area contributed by atoms with Gasteiger partial charge in [0.25, 0.3) is 5.69 Å². The number of anilines is 2. The van der Waals surface area contributed by atoms with Crippen LogP contribution in [-0.2, 0) is 0 Å². The van der Waals surface area contributed by atoms with Crippen molar-refractivity contribution in [3.05, 3.63) is 28.3 Å². The van der Waals surface area contributed by atoms with E-state index in [1.54, 1.807) is 6.07 Å². The molecule has 0 bridgehead atoms. The molecule has 5 nitrogen and oxygen atoms in total. The zero-order valence-corrected chi connectivity index (χ0v) is 11.9. The fourth-order valence-electron chi connectivity index (χ4n) is 2.04. The fraction of sp³-hybridized carbons (Fsp3) is 0.571. The van der Waals surface area contributed by atoms with Crippen molar-refractivity contribution in [2.75, 3.05) is 17.2 Å². The smallest absolute Gasteiger partial charge is 0.273 e. The summed E-state index contributed by atoms with van der Waals surface area (Å²) in [4.78, 5) is 12.7. The van der Waals surface area contributed by atoms with Gasteiger partial charge in [0.15, 0.2) is 0 Å². The molecule has 0 aliphatic rings. The molecule has 2 N–H and O–H groups in total. The third-order valence-corrected chi connectivity index (χ3v) is 3.34. The summed E-state index contributed by atoms with van der Waals surface area (Å²) in [7, 11) is 0. The number of nitro benzene ring substituents is 1. The van der Waals surface area contributed by atoms with E-state index in [2.05, 4.69) is 25.7 Å². The molecule has 0 spiro atoms. The lowest BCUT2D eigenvalue weighted by atomic mass is 10.1. The van der Waals surface area contributed by atoms with Crippen LogP contribution in [0.5, 0.6) is 0 Å². The Morgan fingerprint density at radius 3 is 2.58 bits per heavy atom. The zero-order valence-electron chi connectivity index (χ0n) is 11.9. The fourth-order valence-corrected chi connectivity index (χ4v) is 2.04. The zero-order chi connectivity index (χ0) is 14.4. The second-order valence-corrected chi connectivity index (χ2v) is 4.84. The van der Waals surface area contributed by atoms with Crippen LogP contribution in [0.25, 0.3) is 0 Å². The summed E-state index contributed by atoms with van der Waals surface area (Å²) in [5, 5.41) is 10.9. The molecule has 5 heteroatoms. The number of nitro groups is 1. The molecule has 1 atom stereocenters. The number of non-ortho nitro benzene ring substituents is 1. The second-order valence-electron chi connectivity index (χ2n) is 4.84. The van der Waals surface area contributed by atoms with E-state index in [0.717, 1.165) is 31.5 Å². The Hall–Kier alpha value is -1.78. The molecule has 0 fully saturated rings. The molecule has 0 heterocycles. The first-order chi connectivity index (χ1) is 8.99. The van der Waals surface area contributed by atoms with Crippen molar-refractivity contribution in [2.45, 2.75) is 46.1 Å². The van der Waals surface area contributed by atoms with Gasteiger partial charge in [0.2, 0.25) is 0 Å². The summed E-state index contributed by atoms with van der Waals surface area (Å²) in [6, 6.07) is 5.17. The van der Waals surface area contributed by atoms with Gasteiger partial charge in [-0.2, -0.15) is 0 Å². The first kappa shape index (κ1) is 15.3. The molecular formula is C14H23N3O2. The van der Waals surface area contributed by atoms with E-state index in [-0.39, 0.29) is 5.69 Å². The lowest BCUT2D eigenvalue weighted by molar-refractivity contribution is -0.384. The van der Waals surface area contributed by atoms with Crippen LogP contribution in [0, 0.1) is 10.1 Å². The number of benzene rings is 1. The summed E-state index contributed by atoms with van der Waals surface area (Å²) in [6.45, 7) is 7.28. The van der Waals surface area contributed by atoms with E-state index in [1.165, 1.54) is 6.07 Å². The maximum Gasteiger partial charge on any atom is 0.273 e. The van der Waals surface area contributed by atoms with Gasteiger partial charge in [0, 0.05) is 36.1 Å². The van der Waals surface area contributed by atoms with Gasteiger partial charge in [-0.1, -0.05) is 20.3 Å². The minimum Gasteiger partial charge on any atom is -0.398 e. The third kappa shape index (κ3) is 4.12. The lowest BCUT2D eigenvalue weighted by Crippen LogP contribution is -2.33. The molecule has 0 saturated carbocycles. The van der Waals surface area contributed by atoms with E-state index in [1.807, 2.05) is 6.07 Å². The highest BCUT2D eigenvalue weighted by molar-refractivity contribution is 5.63. The number of nitrogen functional groups attached to an aromatic ring is 1. The molecule has 19 heavy (non-hydrogen) atoms. The van der Waals surface area contributed by atoms with E-state index in [9.17, 15) is 10.1 Å². The largest absolute Gasteiger partial charge is 0.398 e. The highest BCUT2D eigenvalue weighted by Crippen LogP contribution is 2.27. The average Bonchev–Trinajstić information content (AvgIpc) is 2.38. The van der Waals surface area contributed by atoms with Crippen molar-refractivity contribution in [2.24, 2.45) is 0 Å². The van der Waals surface area contributed by atoms with Crippen molar-refractivity contribution < 1.29 is 4.92 Å². The third-order valence-electron chi connectivity index (χ3n) is 3.34. The van der Waals surface area contributed by atoms with Gasteiger partial charge in [-0.25, -0.2) is 0 Å². The van der Waals surface area contributed by atoms with Crippen LogP contribution < -0.4 is 10.6 Å². The van der Waals surface area contributed by atoms with E-state index in [4.69, 9.17) is 5.73 Å². The van der Waals surface area contributed by atoms with Crippen molar-refractivity contribution in [3.8, 4) is 0 Å². The highest BCUT2D eigenvalue weighted by atomic mass is 16.6. The second kappa shape index (κ2) is 6.97. The summed E-state index contributed by atoms with van der Waals surface area (Å²) in [6.07, 6.45) is 3.15. The molecule has 0 aromatic heterocycles. The Labute approximate surface area is 114 Å². The van der Waals surface area contributed by atoms with E-state index < -0.39 is 4.92 Å². The van der Waals surface area contributed by atoms with Crippen molar-refractivity contribution in [1.82, 2.24) is 0 Å². The summed E-state index contributed by atoms with van der Waals surface area (Å²) in [5.74, 6) is 0. The standard InChI is InChI=1S/C14H23N3O2/c1-4-6-7-16(11(3)5-2)13-8-12(15)9-14(10-13)17(18)19/h8-11H,4-7,15H2,1-3H3. The molecule has 106 valence electrons. The predicted octanol–water partition coefficient (Wildman–Crippen LogP) is 3.58. The van der Waals surface area contributed by atoms with Crippen LogP contribution in [0.1, 0.15) is 40.0 Å². The lowest BCUT2D eigenvalue weighted by Gasteiger charge is -2.31. The maximum absolute atomic E-state index is 10.9. The number of nitrogens with zero attached hydrogens (tertiary/aromatic N) is 2. The Balaban J connectivity index is 3.10. The van der Waals surface area contributed by atoms with E-state index in [0.29, 0.717) is 11.7 Å². The Bertz CT molecular complexity index is 435. The van der Waals surface area contributed by atoms with Gasteiger partial charge in [-0.15, -0.1) is 0 Å². The monoisotopic (exact) mass is 265 g/mol. The highest BCUT2D eigenvalue weighted by Gasteiger charge is 2.16. The van der Waals surface area contributed by atoms with Crippen LogP contribution in [0.15, 0.2) is 18.2 Å². The number of hydrogen-bond acceptors (Lipinski definition) is 4.